The van der Waals surface area contributed by atoms with Crippen LogP contribution in [0.3, 0.4) is 0 Å². The molecule has 0 fully saturated rings. The van der Waals surface area contributed by atoms with Crippen LogP contribution in [0.25, 0.3) is 0 Å². The van der Waals surface area contributed by atoms with Gasteiger partial charge < -0.3 is 10.1 Å². The SMILES string of the molecule is O=C(COC(=O)c1cccc(Cl)c1Cl)Nc1cccc(F)c1. The third-order valence-corrected chi connectivity index (χ3v) is 3.43. The molecule has 2 aromatic carbocycles. The molecular formula is C15H10Cl2FNO3. The van der Waals surface area contributed by atoms with Gasteiger partial charge in [0.25, 0.3) is 5.91 Å². The smallest absolute Gasteiger partial charge is 0.340 e. The first-order valence-electron chi connectivity index (χ1n) is 6.14. The maximum Gasteiger partial charge on any atom is 0.340 e. The van der Waals surface area contributed by atoms with Gasteiger partial charge in [-0.15, -0.1) is 0 Å². The van der Waals surface area contributed by atoms with Crippen molar-refractivity contribution in [1.82, 2.24) is 0 Å². The van der Waals surface area contributed by atoms with E-state index < -0.39 is 24.3 Å². The monoisotopic (exact) mass is 341 g/mol. The zero-order valence-electron chi connectivity index (χ0n) is 11.1. The molecule has 7 heteroatoms. The highest BCUT2D eigenvalue weighted by Crippen LogP contribution is 2.25. The second kappa shape index (κ2) is 7.24. The molecule has 0 bridgehead atoms. The molecule has 0 heterocycles. The van der Waals surface area contributed by atoms with Crippen molar-refractivity contribution in [3.8, 4) is 0 Å². The van der Waals surface area contributed by atoms with E-state index in [9.17, 15) is 14.0 Å². The minimum atomic E-state index is -0.776. The third-order valence-electron chi connectivity index (χ3n) is 2.61. The highest BCUT2D eigenvalue weighted by molar-refractivity contribution is 6.43. The molecule has 0 spiro atoms. The van der Waals surface area contributed by atoms with Crippen LogP contribution in [-0.4, -0.2) is 18.5 Å². The Bertz CT molecular complexity index is 722. The molecule has 0 aromatic heterocycles. The fraction of sp³-hybridized carbons (Fsp3) is 0.0667. The molecular weight excluding hydrogens is 332 g/mol. The number of ether oxygens (including phenoxy) is 1. The molecule has 2 rings (SSSR count). The van der Waals surface area contributed by atoms with Gasteiger partial charge in [0.15, 0.2) is 6.61 Å². The van der Waals surface area contributed by atoms with Gasteiger partial charge in [-0.3, -0.25) is 4.79 Å². The summed E-state index contributed by atoms with van der Waals surface area (Å²) in [5, 5.41) is 2.66. The van der Waals surface area contributed by atoms with Gasteiger partial charge >= 0.3 is 5.97 Å². The van der Waals surface area contributed by atoms with Crippen LogP contribution in [0.4, 0.5) is 10.1 Å². The number of anilines is 1. The van der Waals surface area contributed by atoms with E-state index >= 15 is 0 Å². The molecule has 0 aliphatic carbocycles. The Kier molecular flexibility index (Phi) is 5.35. The minimum Gasteiger partial charge on any atom is -0.452 e. The molecule has 114 valence electrons. The first-order valence-corrected chi connectivity index (χ1v) is 6.89. The van der Waals surface area contributed by atoms with Gasteiger partial charge in [0.1, 0.15) is 5.82 Å². The molecule has 4 nitrogen and oxygen atoms in total. The molecule has 22 heavy (non-hydrogen) atoms. The molecule has 0 saturated carbocycles. The Morgan fingerprint density at radius 3 is 2.59 bits per heavy atom. The number of carbonyl (C=O) groups is 2. The van der Waals surface area contributed by atoms with Crippen LogP contribution in [0.2, 0.25) is 10.0 Å². The number of hydrogen-bond acceptors (Lipinski definition) is 3. The van der Waals surface area contributed by atoms with Gasteiger partial charge in [-0.2, -0.15) is 0 Å². The number of esters is 1. The van der Waals surface area contributed by atoms with E-state index in [0.717, 1.165) is 6.07 Å². The van der Waals surface area contributed by atoms with Crippen LogP contribution in [-0.2, 0) is 9.53 Å². The van der Waals surface area contributed by atoms with E-state index in [4.69, 9.17) is 27.9 Å². The number of halogens is 3. The van der Waals surface area contributed by atoms with Crippen molar-refractivity contribution >= 4 is 40.8 Å². The van der Waals surface area contributed by atoms with Crippen molar-refractivity contribution in [2.24, 2.45) is 0 Å². The lowest BCUT2D eigenvalue weighted by molar-refractivity contribution is -0.119. The normalized spacial score (nSPS) is 10.1. The third kappa shape index (κ3) is 4.19. The maximum atomic E-state index is 13.0. The van der Waals surface area contributed by atoms with Crippen LogP contribution < -0.4 is 5.32 Å². The van der Waals surface area contributed by atoms with Gasteiger partial charge in [0.2, 0.25) is 0 Å². The lowest BCUT2D eigenvalue weighted by Gasteiger charge is -2.08. The standard InChI is InChI=1S/C15H10Cl2FNO3/c16-12-6-2-5-11(14(12)17)15(21)22-8-13(20)19-10-4-1-3-9(18)7-10/h1-7H,8H2,(H,19,20). The summed E-state index contributed by atoms with van der Waals surface area (Å²) in [6, 6.07) is 9.85. The van der Waals surface area contributed by atoms with Crippen molar-refractivity contribution in [3.05, 3.63) is 63.9 Å². The fourth-order valence-corrected chi connectivity index (χ4v) is 2.01. The summed E-state index contributed by atoms with van der Waals surface area (Å²) in [4.78, 5) is 23.5. The van der Waals surface area contributed by atoms with Crippen LogP contribution in [0.5, 0.6) is 0 Å². The number of nitrogens with one attached hydrogen (secondary N) is 1. The molecule has 0 atom stereocenters. The van der Waals surface area contributed by atoms with Crippen LogP contribution in [0.1, 0.15) is 10.4 Å². The van der Waals surface area contributed by atoms with E-state index in [0.29, 0.717) is 0 Å². The van der Waals surface area contributed by atoms with Crippen molar-refractivity contribution in [1.29, 1.82) is 0 Å². The highest BCUT2D eigenvalue weighted by atomic mass is 35.5. The fourth-order valence-electron chi connectivity index (χ4n) is 1.63. The summed E-state index contributed by atoms with van der Waals surface area (Å²) < 4.78 is 17.8. The van der Waals surface area contributed by atoms with Gasteiger partial charge in [-0.05, 0) is 30.3 Å². The van der Waals surface area contributed by atoms with Gasteiger partial charge in [0.05, 0.1) is 15.6 Å². The topological polar surface area (TPSA) is 55.4 Å². The molecule has 0 unspecified atom stereocenters. The lowest BCUT2D eigenvalue weighted by atomic mass is 10.2. The zero-order chi connectivity index (χ0) is 16.1. The molecule has 0 radical (unpaired) electrons. The van der Waals surface area contributed by atoms with E-state index in [-0.39, 0.29) is 21.3 Å². The van der Waals surface area contributed by atoms with Crippen LogP contribution >= 0.6 is 23.2 Å². The number of hydrogen-bond donors (Lipinski definition) is 1. The summed E-state index contributed by atoms with van der Waals surface area (Å²) in [6.45, 7) is -0.530. The molecule has 0 aliphatic heterocycles. The summed E-state index contributed by atoms with van der Waals surface area (Å²) in [5.74, 6) is -1.86. The molecule has 0 saturated heterocycles. The van der Waals surface area contributed by atoms with Crippen molar-refractivity contribution in [2.45, 2.75) is 0 Å². The number of rotatable bonds is 4. The largest absolute Gasteiger partial charge is 0.452 e. The Labute approximate surface area is 135 Å². The molecule has 0 aliphatic rings. The molecule has 1 amide bonds. The average molecular weight is 342 g/mol. The van der Waals surface area contributed by atoms with Crippen LogP contribution in [0.15, 0.2) is 42.5 Å². The first-order chi connectivity index (χ1) is 10.5. The summed E-state index contributed by atoms with van der Waals surface area (Å²) in [7, 11) is 0. The maximum absolute atomic E-state index is 13.0. The predicted octanol–water partition coefficient (Wildman–Crippen LogP) is 3.93. The number of amides is 1. The van der Waals surface area contributed by atoms with E-state index in [1.54, 1.807) is 0 Å². The summed E-state index contributed by atoms with van der Waals surface area (Å²) >= 11 is 11.7. The Balaban J connectivity index is 1.93. The van der Waals surface area contributed by atoms with Crippen LogP contribution in [0, 0.1) is 5.82 Å². The lowest BCUT2D eigenvalue weighted by Crippen LogP contribution is -2.21. The minimum absolute atomic E-state index is 0.0553. The number of carbonyl (C=O) groups excluding carboxylic acids is 2. The predicted molar refractivity (Wildman–Crippen MR) is 81.8 cm³/mol. The number of benzene rings is 2. The Morgan fingerprint density at radius 2 is 1.86 bits per heavy atom. The Hall–Kier alpha value is -2.11. The molecule has 2 aromatic rings. The van der Waals surface area contributed by atoms with Gasteiger partial charge in [-0.1, -0.05) is 35.3 Å². The van der Waals surface area contributed by atoms with E-state index in [1.165, 1.54) is 36.4 Å². The van der Waals surface area contributed by atoms with Crippen molar-refractivity contribution in [3.63, 3.8) is 0 Å². The Morgan fingerprint density at radius 1 is 1.14 bits per heavy atom. The first kappa shape index (κ1) is 16.3. The quantitative estimate of drug-likeness (QED) is 0.857. The second-order valence-corrected chi connectivity index (χ2v) is 5.02. The summed E-state index contributed by atoms with van der Waals surface area (Å²) in [6.07, 6.45) is 0. The average Bonchev–Trinajstić information content (AvgIpc) is 2.47. The highest BCUT2D eigenvalue weighted by Gasteiger charge is 2.15. The van der Waals surface area contributed by atoms with E-state index in [2.05, 4.69) is 5.32 Å². The van der Waals surface area contributed by atoms with Gasteiger partial charge in [-0.25, -0.2) is 9.18 Å². The van der Waals surface area contributed by atoms with Gasteiger partial charge in [0, 0.05) is 5.69 Å². The molecule has 1 N–H and O–H groups in total. The second-order valence-electron chi connectivity index (χ2n) is 4.24. The summed E-state index contributed by atoms with van der Waals surface area (Å²) in [5.41, 5.74) is 0.328. The zero-order valence-corrected chi connectivity index (χ0v) is 12.6. The van der Waals surface area contributed by atoms with E-state index in [1.807, 2.05) is 0 Å². The van der Waals surface area contributed by atoms with Crippen molar-refractivity contribution < 1.29 is 18.7 Å². The van der Waals surface area contributed by atoms with Crippen molar-refractivity contribution in [2.75, 3.05) is 11.9 Å².